The number of fused-ring (bicyclic) bond motifs is 1. The second-order valence-corrected chi connectivity index (χ2v) is 5.89. The lowest BCUT2D eigenvalue weighted by atomic mass is 10.1. The van der Waals surface area contributed by atoms with Crippen molar-refractivity contribution in [2.24, 2.45) is 0 Å². The molecule has 0 fully saturated rings. The maximum atomic E-state index is 10.6. The van der Waals surface area contributed by atoms with E-state index in [1.807, 2.05) is 41.1 Å². The van der Waals surface area contributed by atoms with Crippen molar-refractivity contribution in [3.8, 4) is 0 Å². The summed E-state index contributed by atoms with van der Waals surface area (Å²) in [6.45, 7) is 0.455. The molecule has 0 unspecified atom stereocenters. The Labute approximate surface area is 111 Å². The quantitative estimate of drug-likeness (QED) is 0.641. The number of pyridine rings is 1. The van der Waals surface area contributed by atoms with E-state index in [2.05, 4.69) is 0 Å². The molecule has 1 heterocycles. The van der Waals surface area contributed by atoms with Gasteiger partial charge in [-0.2, -0.15) is 4.57 Å². The molecule has 2 aromatic rings. The van der Waals surface area contributed by atoms with Crippen LogP contribution in [0, 0.1) is 0 Å². The summed E-state index contributed by atoms with van der Waals surface area (Å²) in [7, 11) is -4.15. The van der Waals surface area contributed by atoms with Crippen LogP contribution in [0.3, 0.4) is 0 Å². The lowest BCUT2D eigenvalue weighted by molar-refractivity contribution is -0.671. The molecule has 0 radical (unpaired) electrons. The van der Waals surface area contributed by atoms with Crippen LogP contribution in [0.1, 0.15) is 12.0 Å². The molecule has 102 valence electrons. The number of hydrogen-bond acceptors (Lipinski definition) is 4. The van der Waals surface area contributed by atoms with Crippen molar-refractivity contribution in [1.82, 2.24) is 0 Å². The van der Waals surface area contributed by atoms with Crippen molar-refractivity contribution in [2.45, 2.75) is 19.6 Å². The van der Waals surface area contributed by atoms with Crippen LogP contribution in [0.25, 0.3) is 10.9 Å². The van der Waals surface area contributed by atoms with Gasteiger partial charge < -0.3 is 9.66 Å². The molecule has 6 heteroatoms. The largest absolute Gasteiger partial charge is 0.748 e. The molecule has 5 nitrogen and oxygen atoms in total. The first-order valence-corrected chi connectivity index (χ1v) is 7.53. The second kappa shape index (κ2) is 5.64. The Hall–Kier alpha value is -1.50. The first kappa shape index (κ1) is 13.9. The third-order valence-corrected chi connectivity index (χ3v) is 3.71. The average molecular weight is 281 g/mol. The zero-order valence-corrected chi connectivity index (χ0v) is 11.1. The van der Waals surface area contributed by atoms with Gasteiger partial charge in [-0.3, -0.25) is 0 Å². The number of benzene rings is 1. The Morgan fingerprint density at radius 1 is 1.26 bits per heavy atom. The van der Waals surface area contributed by atoms with Gasteiger partial charge in [-0.1, -0.05) is 6.07 Å². The lowest BCUT2D eigenvalue weighted by Crippen LogP contribution is -2.35. The van der Waals surface area contributed by atoms with E-state index in [0.717, 1.165) is 16.5 Å². The molecular weight excluding hydrogens is 266 g/mol. The van der Waals surface area contributed by atoms with Gasteiger partial charge in [0.1, 0.15) is 6.54 Å². The minimum Gasteiger partial charge on any atom is -0.748 e. The van der Waals surface area contributed by atoms with Gasteiger partial charge in [-0.15, -0.1) is 0 Å². The molecular formula is C13H15NO4S. The third kappa shape index (κ3) is 3.73. The Bertz CT molecular complexity index is 682. The Morgan fingerprint density at radius 3 is 2.74 bits per heavy atom. The van der Waals surface area contributed by atoms with E-state index in [-0.39, 0.29) is 18.8 Å². The summed E-state index contributed by atoms with van der Waals surface area (Å²) in [5.74, 6) is -0.356. The van der Waals surface area contributed by atoms with Crippen molar-refractivity contribution in [2.75, 3.05) is 5.75 Å². The van der Waals surface area contributed by atoms with Crippen LogP contribution in [0.5, 0.6) is 0 Å². The monoisotopic (exact) mass is 281 g/mol. The molecule has 1 aromatic heterocycles. The first-order valence-electron chi connectivity index (χ1n) is 5.95. The molecule has 0 atom stereocenters. The highest BCUT2D eigenvalue weighted by atomic mass is 32.2. The standard InChI is InChI=1S/C13H15NO4S/c15-10-11-4-5-13-12(9-11)3-1-6-14(13)7-2-8-19(16,17)18/h1,3-6,9,15H,2,7-8,10H2. The van der Waals surface area contributed by atoms with Gasteiger partial charge in [0.2, 0.25) is 5.52 Å². The molecule has 1 N–H and O–H groups in total. The van der Waals surface area contributed by atoms with E-state index in [0.29, 0.717) is 6.54 Å². The highest BCUT2D eigenvalue weighted by molar-refractivity contribution is 7.85. The Kier molecular flexibility index (Phi) is 4.14. The smallest absolute Gasteiger partial charge is 0.212 e. The van der Waals surface area contributed by atoms with Gasteiger partial charge in [-0.05, 0) is 17.7 Å². The van der Waals surface area contributed by atoms with Crippen LogP contribution < -0.4 is 4.57 Å². The molecule has 0 bridgehead atoms. The van der Waals surface area contributed by atoms with Crippen molar-refractivity contribution in [3.63, 3.8) is 0 Å². The van der Waals surface area contributed by atoms with Crippen molar-refractivity contribution < 1.29 is 22.6 Å². The van der Waals surface area contributed by atoms with Gasteiger partial charge in [0.05, 0.1) is 16.7 Å². The third-order valence-electron chi connectivity index (χ3n) is 2.92. The Balaban J connectivity index is 2.24. The molecule has 0 aliphatic carbocycles. The van der Waals surface area contributed by atoms with Gasteiger partial charge >= 0.3 is 0 Å². The predicted molar refractivity (Wildman–Crippen MR) is 69.2 cm³/mol. The molecule has 0 saturated heterocycles. The number of aryl methyl sites for hydroxylation is 1. The molecule has 0 aliphatic rings. The fourth-order valence-corrected chi connectivity index (χ4v) is 2.52. The van der Waals surface area contributed by atoms with Gasteiger partial charge in [-0.25, -0.2) is 8.42 Å². The zero-order valence-electron chi connectivity index (χ0n) is 10.3. The van der Waals surface area contributed by atoms with E-state index in [1.54, 1.807) is 0 Å². The van der Waals surface area contributed by atoms with Crippen LogP contribution in [0.4, 0.5) is 0 Å². The average Bonchev–Trinajstić information content (AvgIpc) is 2.37. The van der Waals surface area contributed by atoms with Gasteiger partial charge in [0.15, 0.2) is 6.20 Å². The normalized spacial score (nSPS) is 11.9. The van der Waals surface area contributed by atoms with Crippen molar-refractivity contribution in [3.05, 3.63) is 42.1 Å². The molecule has 2 rings (SSSR count). The van der Waals surface area contributed by atoms with Crippen molar-refractivity contribution in [1.29, 1.82) is 0 Å². The van der Waals surface area contributed by atoms with E-state index in [1.165, 1.54) is 0 Å². The summed E-state index contributed by atoms with van der Waals surface area (Å²) in [6.07, 6.45) is 2.13. The molecule has 0 spiro atoms. The summed E-state index contributed by atoms with van der Waals surface area (Å²) >= 11 is 0. The predicted octanol–water partition coefficient (Wildman–Crippen LogP) is 0.555. The minimum absolute atomic E-state index is 0.0146. The van der Waals surface area contributed by atoms with Gasteiger partial charge in [0.25, 0.3) is 0 Å². The van der Waals surface area contributed by atoms with Crippen LogP contribution in [0.15, 0.2) is 36.5 Å². The Morgan fingerprint density at radius 2 is 2.05 bits per heavy atom. The number of aromatic nitrogens is 1. The summed E-state index contributed by atoms with van der Waals surface area (Å²) in [5, 5.41) is 10.1. The maximum absolute atomic E-state index is 10.6. The number of hydrogen-bond donors (Lipinski definition) is 1. The molecule has 0 amide bonds. The summed E-state index contributed by atoms with van der Waals surface area (Å²) < 4.78 is 33.6. The van der Waals surface area contributed by atoms with Crippen LogP contribution in [-0.4, -0.2) is 23.8 Å². The fourth-order valence-electron chi connectivity index (χ4n) is 2.03. The van der Waals surface area contributed by atoms with Crippen molar-refractivity contribution >= 4 is 21.0 Å². The van der Waals surface area contributed by atoms with E-state index in [9.17, 15) is 13.0 Å². The summed E-state index contributed by atoms with van der Waals surface area (Å²) in [5.41, 5.74) is 1.77. The fraction of sp³-hybridized carbons (Fsp3) is 0.308. The van der Waals surface area contributed by atoms with Crippen LogP contribution in [-0.2, 0) is 23.3 Å². The number of aliphatic hydroxyl groups excluding tert-OH is 1. The highest BCUT2D eigenvalue weighted by Gasteiger charge is 2.09. The SMILES string of the molecule is O=S(=O)([O-])CCC[n+]1cccc2cc(CO)ccc21. The van der Waals surface area contributed by atoms with Crippen LogP contribution >= 0.6 is 0 Å². The summed E-state index contributed by atoms with van der Waals surface area (Å²) in [6, 6.07) is 9.37. The van der Waals surface area contributed by atoms with Gasteiger partial charge in [0, 0.05) is 29.7 Å². The number of nitrogens with zero attached hydrogens (tertiary/aromatic N) is 1. The summed E-state index contributed by atoms with van der Waals surface area (Å²) in [4.78, 5) is 0. The molecule has 0 saturated carbocycles. The maximum Gasteiger partial charge on any atom is 0.212 e. The van der Waals surface area contributed by atoms with E-state index in [4.69, 9.17) is 5.11 Å². The zero-order chi connectivity index (χ0) is 13.9. The topological polar surface area (TPSA) is 81.3 Å². The second-order valence-electron chi connectivity index (χ2n) is 4.37. The molecule has 1 aromatic carbocycles. The first-order chi connectivity index (χ1) is 8.99. The minimum atomic E-state index is -4.15. The number of rotatable bonds is 5. The van der Waals surface area contributed by atoms with E-state index < -0.39 is 10.1 Å². The lowest BCUT2D eigenvalue weighted by Gasteiger charge is -2.06. The number of aliphatic hydroxyl groups is 1. The highest BCUT2D eigenvalue weighted by Crippen LogP contribution is 2.12. The van der Waals surface area contributed by atoms with Crippen LogP contribution in [0.2, 0.25) is 0 Å². The molecule has 19 heavy (non-hydrogen) atoms. The van der Waals surface area contributed by atoms with E-state index >= 15 is 0 Å². The molecule has 0 aliphatic heterocycles.